The number of rotatable bonds is 7. The highest BCUT2D eigenvalue weighted by Crippen LogP contribution is 2.40. The first kappa shape index (κ1) is 22.7. The number of Topliss-reactive ketones (excluding diaryl/α,β-unsaturated/α-hetero) is 1. The van der Waals surface area contributed by atoms with Gasteiger partial charge in [-0.1, -0.05) is 24.0 Å². The molecule has 5 rings (SSSR count). The molecule has 35 heavy (non-hydrogen) atoms. The lowest BCUT2D eigenvalue weighted by Crippen LogP contribution is -2.36. The Morgan fingerprint density at radius 1 is 1.23 bits per heavy atom. The molecule has 3 aromatic rings. The molecule has 180 valence electrons. The van der Waals surface area contributed by atoms with E-state index in [-0.39, 0.29) is 11.7 Å². The van der Waals surface area contributed by atoms with Gasteiger partial charge in [0.2, 0.25) is 12.1 Å². The van der Waals surface area contributed by atoms with Gasteiger partial charge in [0.15, 0.2) is 0 Å². The Hall–Kier alpha value is -4.07. The summed E-state index contributed by atoms with van der Waals surface area (Å²) < 4.78 is 13.0. The van der Waals surface area contributed by atoms with Crippen LogP contribution >= 0.6 is 0 Å². The van der Waals surface area contributed by atoms with Gasteiger partial charge in [-0.3, -0.25) is 14.6 Å². The first-order chi connectivity index (χ1) is 17.0. The summed E-state index contributed by atoms with van der Waals surface area (Å²) in [5, 5.41) is 13.7. The molecule has 1 N–H and O–H groups in total. The second-order valence-electron chi connectivity index (χ2n) is 8.90. The molecular weight excluding hydrogens is 446 g/mol. The van der Waals surface area contributed by atoms with Gasteiger partial charge in [0.05, 0.1) is 19.7 Å². The number of ketones is 1. The zero-order chi connectivity index (χ0) is 24.5. The fourth-order valence-electron chi connectivity index (χ4n) is 4.84. The minimum Gasteiger partial charge on any atom is -0.872 e. The maximum absolute atomic E-state index is 13.7. The number of hydrogen-bond donors (Lipinski definition) is 1. The molecule has 3 heterocycles. The molecule has 0 saturated carbocycles. The van der Waals surface area contributed by atoms with Crippen LogP contribution in [-0.2, 0) is 22.6 Å². The molecule has 2 aliphatic heterocycles. The van der Waals surface area contributed by atoms with E-state index in [9.17, 15) is 14.7 Å². The van der Waals surface area contributed by atoms with Crippen molar-refractivity contribution in [2.75, 3.05) is 13.7 Å². The highest BCUT2D eigenvalue weighted by atomic mass is 16.5. The second kappa shape index (κ2) is 9.29. The van der Waals surface area contributed by atoms with Crippen LogP contribution in [0.25, 0.3) is 5.76 Å². The molecule has 0 aliphatic carbocycles. The van der Waals surface area contributed by atoms with Crippen molar-refractivity contribution < 1.29 is 28.7 Å². The largest absolute Gasteiger partial charge is 0.872 e. The first-order valence-corrected chi connectivity index (χ1v) is 11.7. The van der Waals surface area contributed by atoms with Gasteiger partial charge >= 0.3 is 0 Å². The number of carbonyl (C=O) groups is 2. The second-order valence-corrected chi connectivity index (χ2v) is 8.90. The van der Waals surface area contributed by atoms with Crippen molar-refractivity contribution in [1.82, 2.24) is 9.88 Å². The molecule has 1 amide bonds. The summed E-state index contributed by atoms with van der Waals surface area (Å²) in [4.78, 5) is 30.8. The zero-order valence-corrected chi connectivity index (χ0v) is 19.7. The van der Waals surface area contributed by atoms with Crippen LogP contribution in [0.1, 0.15) is 36.1 Å². The fraction of sp³-hybridized carbons (Fsp3) is 0.296. The van der Waals surface area contributed by atoms with Gasteiger partial charge in [-0.15, -0.1) is 0 Å². The van der Waals surface area contributed by atoms with Gasteiger partial charge in [-0.25, -0.2) is 4.57 Å². The lowest BCUT2D eigenvalue weighted by molar-refractivity contribution is -0.695. The van der Waals surface area contributed by atoms with Gasteiger partial charge in [0, 0.05) is 25.0 Å². The molecule has 0 spiro atoms. The van der Waals surface area contributed by atoms with Gasteiger partial charge < -0.3 is 19.5 Å². The fourth-order valence-corrected chi connectivity index (χ4v) is 4.84. The molecule has 0 bridgehead atoms. The van der Waals surface area contributed by atoms with E-state index in [4.69, 9.17) is 9.47 Å². The third-order valence-corrected chi connectivity index (χ3v) is 6.54. The Balaban J connectivity index is 1.53. The van der Waals surface area contributed by atoms with Crippen LogP contribution in [0.5, 0.6) is 11.5 Å². The van der Waals surface area contributed by atoms with E-state index in [0.717, 1.165) is 11.3 Å². The van der Waals surface area contributed by atoms with Crippen LogP contribution in [0.2, 0.25) is 0 Å². The van der Waals surface area contributed by atoms with Crippen molar-refractivity contribution in [1.29, 1.82) is 0 Å². The molecule has 8 heteroatoms. The number of aromatic nitrogens is 2. The summed E-state index contributed by atoms with van der Waals surface area (Å²) in [5.41, 5.74) is 2.00. The van der Waals surface area contributed by atoms with Crippen LogP contribution in [0.3, 0.4) is 0 Å². The van der Waals surface area contributed by atoms with Gasteiger partial charge in [0.1, 0.15) is 30.0 Å². The number of imidazole rings is 1. The Morgan fingerprint density at radius 2 is 2.03 bits per heavy atom. The number of benzene rings is 2. The Labute approximate surface area is 203 Å². The standard InChI is InChI=1S/C27H27N3O5/c1-17-14-20-15-19(6-9-22(20)35-17)25(31)23-24(18-4-7-21(34-2)8-5-18)30(27(33)26(23)32)12-3-11-29-13-10-28-16-29/h4-10,13,15-17,24H,3,11-12,14H2,1-2H3,(H,31,32). The maximum atomic E-state index is 13.7. The van der Waals surface area contributed by atoms with E-state index in [2.05, 4.69) is 4.98 Å². The third-order valence-electron chi connectivity index (χ3n) is 6.54. The van der Waals surface area contributed by atoms with Crippen molar-refractivity contribution in [3.05, 3.63) is 83.4 Å². The van der Waals surface area contributed by atoms with E-state index >= 15 is 0 Å². The van der Waals surface area contributed by atoms with Crippen molar-refractivity contribution in [3.8, 4) is 11.5 Å². The van der Waals surface area contributed by atoms with Crippen LogP contribution < -0.4 is 19.1 Å². The predicted molar refractivity (Wildman–Crippen MR) is 125 cm³/mol. The molecule has 2 aliphatic rings. The number of amides is 1. The van der Waals surface area contributed by atoms with Crippen LogP contribution in [-0.4, -0.2) is 41.3 Å². The van der Waals surface area contributed by atoms with Crippen molar-refractivity contribution >= 4 is 17.4 Å². The van der Waals surface area contributed by atoms with Crippen LogP contribution in [0.4, 0.5) is 0 Å². The van der Waals surface area contributed by atoms with Gasteiger partial charge in [-0.2, -0.15) is 0 Å². The predicted octanol–water partition coefficient (Wildman–Crippen LogP) is 1.95. The van der Waals surface area contributed by atoms with Gasteiger partial charge in [0.25, 0.3) is 5.91 Å². The molecule has 2 atom stereocenters. The minimum absolute atomic E-state index is 0.0126. The lowest BCUT2D eigenvalue weighted by Gasteiger charge is -2.27. The van der Waals surface area contributed by atoms with E-state index in [1.165, 1.54) is 4.90 Å². The topological polar surface area (TPSA) is 98.6 Å². The van der Waals surface area contributed by atoms with E-state index in [1.807, 2.05) is 30.2 Å². The van der Waals surface area contributed by atoms with Crippen molar-refractivity contribution in [2.24, 2.45) is 0 Å². The number of hydrogen-bond acceptors (Lipinski definition) is 5. The first-order valence-electron chi connectivity index (χ1n) is 11.7. The molecule has 1 aromatic heterocycles. The molecule has 1 saturated heterocycles. The number of likely N-dealkylation sites (tertiary alicyclic amines) is 1. The number of aryl methyl sites for hydroxylation is 1. The molecule has 2 unspecified atom stereocenters. The SMILES string of the molecule is COc1ccc(C2/C(=C(\[O-])c3ccc4c(c3)CC(C)O4)C(=O)C(=O)N2CCC[n+]2cc[nH]c2)cc1. The highest BCUT2D eigenvalue weighted by Gasteiger charge is 2.44. The third kappa shape index (κ3) is 4.27. The molecular formula is C27H27N3O5. The Bertz CT molecular complexity index is 1280. The normalized spacial score (nSPS) is 20.7. The zero-order valence-electron chi connectivity index (χ0n) is 19.7. The van der Waals surface area contributed by atoms with Crippen LogP contribution in [0.15, 0.2) is 66.8 Å². The smallest absolute Gasteiger partial charge is 0.295 e. The van der Waals surface area contributed by atoms with Crippen molar-refractivity contribution in [3.63, 3.8) is 0 Å². The van der Waals surface area contributed by atoms with E-state index in [1.54, 1.807) is 49.6 Å². The number of nitrogens with zero attached hydrogens (tertiary/aromatic N) is 2. The molecule has 0 radical (unpaired) electrons. The highest BCUT2D eigenvalue weighted by molar-refractivity contribution is 6.46. The number of H-pyrrole nitrogens is 1. The van der Waals surface area contributed by atoms with Gasteiger partial charge in [-0.05, 0) is 47.9 Å². The average molecular weight is 474 g/mol. The number of methoxy groups -OCH3 is 1. The molecule has 2 aromatic carbocycles. The maximum Gasteiger partial charge on any atom is 0.295 e. The number of aromatic amines is 1. The minimum atomic E-state index is -0.756. The number of nitrogens with one attached hydrogen (secondary N) is 1. The summed E-state index contributed by atoms with van der Waals surface area (Å²) >= 11 is 0. The average Bonchev–Trinajstić information content (AvgIpc) is 3.57. The van der Waals surface area contributed by atoms with E-state index < -0.39 is 23.5 Å². The Kier molecular flexibility index (Phi) is 6.03. The summed E-state index contributed by atoms with van der Waals surface area (Å²) in [6, 6.07) is 11.6. The van der Waals surface area contributed by atoms with Crippen LogP contribution in [0, 0.1) is 0 Å². The lowest BCUT2D eigenvalue weighted by atomic mass is 9.94. The quantitative estimate of drug-likeness (QED) is 0.245. The van der Waals surface area contributed by atoms with E-state index in [0.29, 0.717) is 42.8 Å². The number of fused-ring (bicyclic) bond motifs is 1. The molecule has 8 nitrogen and oxygen atoms in total. The number of carbonyl (C=O) groups excluding carboxylic acids is 2. The summed E-state index contributed by atoms with van der Waals surface area (Å²) in [6.07, 6.45) is 6.91. The van der Waals surface area contributed by atoms with Crippen molar-refractivity contribution in [2.45, 2.75) is 38.5 Å². The molecule has 1 fully saturated rings. The monoisotopic (exact) mass is 473 g/mol. The Morgan fingerprint density at radius 3 is 2.74 bits per heavy atom. The summed E-state index contributed by atoms with van der Waals surface area (Å²) in [6.45, 7) is 2.98. The summed E-state index contributed by atoms with van der Waals surface area (Å²) in [7, 11) is 1.57. The number of ether oxygens (including phenoxy) is 2. The summed E-state index contributed by atoms with van der Waals surface area (Å²) in [5.74, 6) is -0.403.